The zero-order valence-electron chi connectivity index (χ0n) is 12.8. The van der Waals surface area contributed by atoms with Crippen LogP contribution in [-0.2, 0) is 10.3 Å². The molecule has 24 heavy (non-hydrogen) atoms. The van der Waals surface area contributed by atoms with E-state index in [4.69, 9.17) is 27.9 Å². The van der Waals surface area contributed by atoms with Gasteiger partial charge in [-0.1, -0.05) is 41.4 Å². The molecule has 1 unspecified atom stereocenters. The molecular formula is C16H15Cl2N3OS2. The molecule has 1 aromatic carbocycles. The van der Waals surface area contributed by atoms with E-state index in [-0.39, 0.29) is 11.6 Å². The van der Waals surface area contributed by atoms with Crippen LogP contribution in [0, 0.1) is 0 Å². The third kappa shape index (κ3) is 2.80. The summed E-state index contributed by atoms with van der Waals surface area (Å²) in [4.78, 5) is 1.10. The molecule has 8 heteroatoms. The van der Waals surface area contributed by atoms with Crippen molar-refractivity contribution in [3.05, 3.63) is 56.2 Å². The second kappa shape index (κ2) is 6.42. The Kier molecular flexibility index (Phi) is 4.43. The molecule has 3 heterocycles. The summed E-state index contributed by atoms with van der Waals surface area (Å²) in [6.07, 6.45) is 3.68. The van der Waals surface area contributed by atoms with Gasteiger partial charge in [-0.15, -0.1) is 23.1 Å². The van der Waals surface area contributed by atoms with Crippen molar-refractivity contribution in [3.8, 4) is 0 Å². The molecule has 0 radical (unpaired) electrons. The van der Waals surface area contributed by atoms with Crippen molar-refractivity contribution in [1.82, 2.24) is 10.3 Å². The molecule has 126 valence electrons. The second-order valence-electron chi connectivity index (χ2n) is 5.61. The van der Waals surface area contributed by atoms with Gasteiger partial charge in [-0.25, -0.2) is 0 Å². The summed E-state index contributed by atoms with van der Waals surface area (Å²) >= 11 is 15.8. The van der Waals surface area contributed by atoms with Crippen LogP contribution in [0.15, 0.2) is 41.5 Å². The standard InChI is InChI=1S/C16H15Cl2N3OS2/c1-23-15-19-9-20-21(15)8-16(12-6-7-13(18)24-12)14(22-16)10-4-2-3-5-11(10)17/h2-7,9,14-15H,8H2,1H3,(H,19,20)/t14-,15?,16-/m1/s1. The minimum absolute atomic E-state index is 0.0979. The number of halogens is 2. The molecule has 1 N–H and O–H groups in total. The molecule has 1 aromatic heterocycles. The summed E-state index contributed by atoms with van der Waals surface area (Å²) in [6, 6.07) is 11.8. The maximum absolute atomic E-state index is 6.39. The number of nitrogens with zero attached hydrogens (tertiary/aromatic N) is 2. The lowest BCUT2D eigenvalue weighted by Gasteiger charge is -2.25. The maximum atomic E-state index is 6.39. The minimum atomic E-state index is -0.472. The summed E-state index contributed by atoms with van der Waals surface area (Å²) in [5.74, 6) is 0. The lowest BCUT2D eigenvalue weighted by Crippen LogP contribution is -2.38. The second-order valence-corrected chi connectivity index (χ2v) is 8.65. The van der Waals surface area contributed by atoms with E-state index in [2.05, 4.69) is 10.4 Å². The molecule has 0 amide bonds. The van der Waals surface area contributed by atoms with Gasteiger partial charge in [0.1, 0.15) is 12.4 Å². The van der Waals surface area contributed by atoms with Crippen molar-refractivity contribution in [2.75, 3.05) is 12.8 Å². The molecule has 4 nitrogen and oxygen atoms in total. The van der Waals surface area contributed by atoms with Crippen LogP contribution in [0.25, 0.3) is 0 Å². The van der Waals surface area contributed by atoms with Gasteiger partial charge in [0.2, 0.25) is 0 Å². The predicted octanol–water partition coefficient (Wildman–Crippen LogP) is 4.52. The number of benzene rings is 1. The zero-order valence-corrected chi connectivity index (χ0v) is 15.9. The topological polar surface area (TPSA) is 40.2 Å². The number of thiophene rings is 1. The Balaban J connectivity index is 1.68. The quantitative estimate of drug-likeness (QED) is 0.750. The van der Waals surface area contributed by atoms with Crippen LogP contribution in [0.4, 0.5) is 0 Å². The monoisotopic (exact) mass is 399 g/mol. The average Bonchev–Trinajstić information content (AvgIpc) is 2.91. The zero-order chi connectivity index (χ0) is 16.7. The fourth-order valence-electron chi connectivity index (χ4n) is 2.98. The Labute approximate surface area is 158 Å². The first kappa shape index (κ1) is 16.5. The van der Waals surface area contributed by atoms with Gasteiger partial charge in [-0.2, -0.15) is 5.10 Å². The fraction of sp³-hybridized carbons (Fsp3) is 0.312. The van der Waals surface area contributed by atoms with Crippen molar-refractivity contribution in [1.29, 1.82) is 0 Å². The van der Waals surface area contributed by atoms with E-state index in [9.17, 15) is 0 Å². The van der Waals surface area contributed by atoms with Crippen molar-refractivity contribution in [3.63, 3.8) is 0 Å². The lowest BCUT2D eigenvalue weighted by atomic mass is 9.97. The van der Waals surface area contributed by atoms with Crippen molar-refractivity contribution < 1.29 is 4.74 Å². The number of epoxide rings is 1. The van der Waals surface area contributed by atoms with Crippen LogP contribution in [0.3, 0.4) is 0 Å². The first-order valence-electron chi connectivity index (χ1n) is 7.40. The van der Waals surface area contributed by atoms with Gasteiger partial charge < -0.3 is 10.1 Å². The van der Waals surface area contributed by atoms with Crippen LogP contribution in [0.2, 0.25) is 9.36 Å². The number of nitrogens with one attached hydrogen (secondary N) is 1. The summed E-state index contributed by atoms with van der Waals surface area (Å²) in [6.45, 7) is 0.634. The summed E-state index contributed by atoms with van der Waals surface area (Å²) in [5.41, 5.74) is 0.633. The molecule has 2 aliphatic rings. The molecular weight excluding hydrogens is 385 g/mol. The van der Waals surface area contributed by atoms with E-state index in [1.54, 1.807) is 29.4 Å². The average molecular weight is 400 g/mol. The number of thioether (sulfide) groups is 1. The van der Waals surface area contributed by atoms with E-state index >= 15 is 0 Å². The van der Waals surface area contributed by atoms with Gasteiger partial charge >= 0.3 is 0 Å². The normalized spacial score (nSPS) is 28.2. The SMILES string of the molecule is CSC1NC=NN1C[C@]1(c2ccc(Cl)s2)O[C@@H]1c1ccccc1Cl. The molecule has 0 aliphatic carbocycles. The first-order valence-corrected chi connectivity index (χ1v) is 10.3. The fourth-order valence-corrected chi connectivity index (χ4v) is 4.97. The van der Waals surface area contributed by atoms with Gasteiger partial charge in [0.05, 0.1) is 10.9 Å². The highest BCUT2D eigenvalue weighted by Gasteiger charge is 2.61. The molecule has 0 bridgehead atoms. The van der Waals surface area contributed by atoms with Crippen LogP contribution in [0.1, 0.15) is 16.5 Å². The molecule has 0 spiro atoms. The molecule has 4 rings (SSSR count). The highest BCUT2D eigenvalue weighted by Crippen LogP contribution is 2.60. The van der Waals surface area contributed by atoms with Crippen LogP contribution >= 0.6 is 46.3 Å². The smallest absolute Gasteiger partial charge is 0.164 e. The lowest BCUT2D eigenvalue weighted by molar-refractivity contribution is 0.190. The van der Waals surface area contributed by atoms with Crippen molar-refractivity contribution in [2.45, 2.75) is 17.2 Å². The Morgan fingerprint density at radius 3 is 2.88 bits per heavy atom. The number of hydrogen-bond acceptors (Lipinski definition) is 6. The Bertz CT molecular complexity index is 784. The highest BCUT2D eigenvalue weighted by atomic mass is 35.5. The van der Waals surface area contributed by atoms with Gasteiger partial charge in [-0.05, 0) is 24.5 Å². The third-order valence-electron chi connectivity index (χ3n) is 4.19. The summed E-state index contributed by atoms with van der Waals surface area (Å²) < 4.78 is 6.99. The Morgan fingerprint density at radius 1 is 1.33 bits per heavy atom. The first-order chi connectivity index (χ1) is 11.6. The molecule has 3 atom stereocenters. The van der Waals surface area contributed by atoms with Crippen LogP contribution in [0.5, 0.6) is 0 Å². The highest BCUT2D eigenvalue weighted by molar-refractivity contribution is 7.99. The molecule has 0 saturated carbocycles. The number of hydrogen-bond donors (Lipinski definition) is 1. The third-order valence-corrected chi connectivity index (χ3v) is 6.75. The van der Waals surface area contributed by atoms with E-state index in [0.717, 1.165) is 19.8 Å². The number of ether oxygens (including phenoxy) is 1. The van der Waals surface area contributed by atoms with E-state index < -0.39 is 5.60 Å². The van der Waals surface area contributed by atoms with Crippen LogP contribution in [-0.4, -0.2) is 29.6 Å². The molecule has 1 saturated heterocycles. The van der Waals surface area contributed by atoms with E-state index in [0.29, 0.717) is 6.54 Å². The molecule has 2 aliphatic heterocycles. The van der Waals surface area contributed by atoms with E-state index in [1.165, 1.54) is 0 Å². The Morgan fingerprint density at radius 2 is 2.17 bits per heavy atom. The van der Waals surface area contributed by atoms with Gasteiger partial charge in [0.25, 0.3) is 0 Å². The van der Waals surface area contributed by atoms with E-state index in [1.807, 2.05) is 47.7 Å². The number of hydrazone groups is 1. The minimum Gasteiger partial charge on any atom is -0.353 e. The van der Waals surface area contributed by atoms with Crippen LogP contribution < -0.4 is 5.32 Å². The maximum Gasteiger partial charge on any atom is 0.164 e. The molecule has 2 aromatic rings. The summed E-state index contributed by atoms with van der Waals surface area (Å²) in [7, 11) is 0. The van der Waals surface area contributed by atoms with Crippen molar-refractivity contribution in [2.24, 2.45) is 5.10 Å². The van der Waals surface area contributed by atoms with Gasteiger partial charge in [-0.3, -0.25) is 5.01 Å². The molecule has 1 fully saturated rings. The predicted molar refractivity (Wildman–Crippen MR) is 102 cm³/mol. The van der Waals surface area contributed by atoms with Crippen molar-refractivity contribution >= 4 is 52.6 Å². The van der Waals surface area contributed by atoms with Gasteiger partial charge in [0.15, 0.2) is 11.1 Å². The largest absolute Gasteiger partial charge is 0.353 e. The Hall–Kier alpha value is -0.920. The summed E-state index contributed by atoms with van der Waals surface area (Å²) in [5, 5.41) is 10.4. The van der Waals surface area contributed by atoms with Gasteiger partial charge in [0, 0.05) is 15.5 Å². The number of rotatable bonds is 5.